The first kappa shape index (κ1) is 11.3. The number of ether oxygens (including phenoxy) is 1. The molecule has 84 valence electrons. The molecule has 0 amide bonds. The Labute approximate surface area is 102 Å². The first-order valence-electron chi connectivity index (χ1n) is 5.05. The van der Waals surface area contributed by atoms with Gasteiger partial charge in [0.25, 0.3) is 0 Å². The number of rotatable bonds is 3. The van der Waals surface area contributed by atoms with Gasteiger partial charge in [0.1, 0.15) is 6.42 Å². The van der Waals surface area contributed by atoms with Crippen molar-refractivity contribution in [3.63, 3.8) is 0 Å². The monoisotopic (exact) mass is 282 g/mol. The maximum atomic E-state index is 11.4. The van der Waals surface area contributed by atoms with Crippen molar-refractivity contribution in [3.05, 3.63) is 35.4 Å². The van der Waals surface area contributed by atoms with E-state index in [1.165, 1.54) is 0 Å². The summed E-state index contributed by atoms with van der Waals surface area (Å²) in [5.41, 5.74) is 2.17. The van der Waals surface area contributed by atoms with E-state index in [4.69, 9.17) is 4.74 Å². The SMILES string of the molecule is O=C1CC(=O)C(Cc2cccc(CBr)c2)O1. The van der Waals surface area contributed by atoms with Crippen LogP contribution in [0.3, 0.4) is 0 Å². The molecule has 1 unspecified atom stereocenters. The average Bonchev–Trinajstić information content (AvgIpc) is 2.58. The Morgan fingerprint density at radius 3 is 2.69 bits per heavy atom. The van der Waals surface area contributed by atoms with Crippen LogP contribution in [0.15, 0.2) is 24.3 Å². The molecule has 1 aromatic carbocycles. The lowest BCUT2D eigenvalue weighted by atomic mass is 10.0. The predicted octanol–water partition coefficient (Wildman–Crippen LogP) is 2.01. The molecule has 3 nitrogen and oxygen atoms in total. The van der Waals surface area contributed by atoms with Gasteiger partial charge in [-0.1, -0.05) is 40.2 Å². The summed E-state index contributed by atoms with van der Waals surface area (Å²) in [7, 11) is 0. The summed E-state index contributed by atoms with van der Waals surface area (Å²) in [6.45, 7) is 0. The molecule has 0 aromatic heterocycles. The molecule has 1 aromatic rings. The van der Waals surface area contributed by atoms with E-state index in [0.717, 1.165) is 16.5 Å². The van der Waals surface area contributed by atoms with Crippen LogP contribution in [0.4, 0.5) is 0 Å². The largest absolute Gasteiger partial charge is 0.454 e. The van der Waals surface area contributed by atoms with Gasteiger partial charge in [-0.05, 0) is 11.1 Å². The number of hydrogen-bond donors (Lipinski definition) is 0. The molecule has 0 saturated carbocycles. The highest BCUT2D eigenvalue weighted by atomic mass is 79.9. The minimum absolute atomic E-state index is 0.0806. The quantitative estimate of drug-likeness (QED) is 0.484. The second-order valence-electron chi connectivity index (χ2n) is 3.78. The van der Waals surface area contributed by atoms with Gasteiger partial charge in [0.15, 0.2) is 11.9 Å². The topological polar surface area (TPSA) is 43.4 Å². The summed E-state index contributed by atoms with van der Waals surface area (Å²) in [5.74, 6) is -0.527. The molecule has 16 heavy (non-hydrogen) atoms. The standard InChI is InChI=1S/C12H11BrO3/c13-7-9-3-1-2-8(4-9)5-11-10(14)6-12(15)16-11/h1-4,11H,5-7H2. The van der Waals surface area contributed by atoms with Crippen molar-refractivity contribution in [2.24, 2.45) is 0 Å². The normalized spacial score (nSPS) is 19.9. The van der Waals surface area contributed by atoms with Crippen LogP contribution in [-0.4, -0.2) is 17.9 Å². The predicted molar refractivity (Wildman–Crippen MR) is 62.3 cm³/mol. The lowest BCUT2D eigenvalue weighted by Gasteiger charge is -2.08. The number of carbonyl (C=O) groups excluding carboxylic acids is 2. The molecule has 1 atom stereocenters. The number of benzene rings is 1. The molecule has 0 spiro atoms. The first-order chi connectivity index (χ1) is 7.69. The van der Waals surface area contributed by atoms with E-state index in [1.807, 2.05) is 24.3 Å². The van der Waals surface area contributed by atoms with Crippen LogP contribution in [0, 0.1) is 0 Å². The van der Waals surface area contributed by atoms with Crippen molar-refractivity contribution in [1.82, 2.24) is 0 Å². The van der Waals surface area contributed by atoms with Gasteiger partial charge in [-0.3, -0.25) is 9.59 Å². The summed E-state index contributed by atoms with van der Waals surface area (Å²) in [6.07, 6.45) is -0.188. The molecule has 1 saturated heterocycles. The number of Topliss-reactive ketones (excluding diaryl/α,β-unsaturated/α-hetero) is 1. The lowest BCUT2D eigenvalue weighted by Crippen LogP contribution is -2.18. The number of halogens is 1. The highest BCUT2D eigenvalue weighted by molar-refractivity contribution is 9.08. The van der Waals surface area contributed by atoms with Crippen LogP contribution in [0.25, 0.3) is 0 Å². The van der Waals surface area contributed by atoms with E-state index >= 15 is 0 Å². The minimum Gasteiger partial charge on any atom is -0.454 e. The Kier molecular flexibility index (Phi) is 3.39. The Bertz CT molecular complexity index is 428. The number of cyclic esters (lactones) is 1. The second-order valence-corrected chi connectivity index (χ2v) is 4.34. The van der Waals surface area contributed by atoms with E-state index in [9.17, 15) is 9.59 Å². The zero-order chi connectivity index (χ0) is 11.5. The molecule has 0 bridgehead atoms. The van der Waals surface area contributed by atoms with Crippen LogP contribution >= 0.6 is 15.9 Å². The Hall–Kier alpha value is -1.16. The maximum absolute atomic E-state index is 11.4. The van der Waals surface area contributed by atoms with Gasteiger partial charge in [0.05, 0.1) is 0 Å². The molecule has 2 rings (SSSR count). The highest BCUT2D eigenvalue weighted by Crippen LogP contribution is 2.17. The van der Waals surface area contributed by atoms with Crippen molar-refractivity contribution in [1.29, 1.82) is 0 Å². The first-order valence-corrected chi connectivity index (χ1v) is 6.17. The number of hydrogen-bond acceptors (Lipinski definition) is 3. The van der Waals surface area contributed by atoms with Gasteiger partial charge in [-0.25, -0.2) is 0 Å². The summed E-state index contributed by atoms with van der Waals surface area (Å²) in [4.78, 5) is 22.3. The lowest BCUT2D eigenvalue weighted by molar-refractivity contribution is -0.142. The van der Waals surface area contributed by atoms with E-state index in [1.54, 1.807) is 0 Å². The van der Waals surface area contributed by atoms with E-state index in [-0.39, 0.29) is 12.2 Å². The summed E-state index contributed by atoms with van der Waals surface area (Å²) >= 11 is 3.37. The number of esters is 1. The molecule has 4 heteroatoms. The van der Waals surface area contributed by atoms with Crippen LogP contribution < -0.4 is 0 Å². The van der Waals surface area contributed by atoms with Crippen molar-refractivity contribution in [3.8, 4) is 0 Å². The Balaban J connectivity index is 2.09. The molecule has 0 aliphatic carbocycles. The molecule has 0 N–H and O–H groups in total. The number of ketones is 1. The van der Waals surface area contributed by atoms with Crippen molar-refractivity contribution in [2.45, 2.75) is 24.3 Å². The van der Waals surface area contributed by atoms with Crippen molar-refractivity contribution >= 4 is 27.7 Å². The van der Waals surface area contributed by atoms with E-state index in [2.05, 4.69) is 15.9 Å². The molecule has 1 fully saturated rings. The molecule has 1 aliphatic heterocycles. The van der Waals surface area contributed by atoms with Crippen LogP contribution in [0.1, 0.15) is 17.5 Å². The van der Waals surface area contributed by atoms with Crippen LogP contribution in [0.2, 0.25) is 0 Å². The fourth-order valence-corrected chi connectivity index (χ4v) is 2.08. The highest BCUT2D eigenvalue weighted by Gasteiger charge is 2.32. The second kappa shape index (κ2) is 4.78. The van der Waals surface area contributed by atoms with Gasteiger partial charge < -0.3 is 4.74 Å². The summed E-state index contributed by atoms with van der Waals surface area (Å²) in [6, 6.07) is 7.88. The fraction of sp³-hybridized carbons (Fsp3) is 0.333. The average molecular weight is 283 g/mol. The Morgan fingerprint density at radius 2 is 2.06 bits per heavy atom. The van der Waals surface area contributed by atoms with Gasteiger partial charge in [-0.2, -0.15) is 0 Å². The zero-order valence-corrected chi connectivity index (χ0v) is 10.2. The summed E-state index contributed by atoms with van der Waals surface area (Å²) in [5, 5.41) is 0.777. The van der Waals surface area contributed by atoms with Gasteiger partial charge >= 0.3 is 5.97 Å². The number of carbonyl (C=O) groups is 2. The molecular weight excluding hydrogens is 272 g/mol. The smallest absolute Gasteiger partial charge is 0.314 e. The van der Waals surface area contributed by atoms with Crippen LogP contribution in [0.5, 0.6) is 0 Å². The Morgan fingerprint density at radius 1 is 1.31 bits per heavy atom. The molecule has 1 aliphatic rings. The fourth-order valence-electron chi connectivity index (χ4n) is 1.73. The van der Waals surface area contributed by atoms with Gasteiger partial charge in [0.2, 0.25) is 0 Å². The third-order valence-electron chi connectivity index (χ3n) is 2.52. The maximum Gasteiger partial charge on any atom is 0.314 e. The molecule has 0 radical (unpaired) electrons. The number of alkyl halides is 1. The minimum atomic E-state index is -0.585. The zero-order valence-electron chi connectivity index (χ0n) is 8.61. The molecular formula is C12H11BrO3. The summed E-state index contributed by atoms with van der Waals surface area (Å²) < 4.78 is 4.95. The third kappa shape index (κ3) is 2.50. The van der Waals surface area contributed by atoms with Crippen molar-refractivity contribution < 1.29 is 14.3 Å². The third-order valence-corrected chi connectivity index (χ3v) is 3.17. The van der Waals surface area contributed by atoms with Gasteiger partial charge in [-0.15, -0.1) is 0 Å². The van der Waals surface area contributed by atoms with E-state index in [0.29, 0.717) is 6.42 Å². The van der Waals surface area contributed by atoms with Crippen molar-refractivity contribution in [2.75, 3.05) is 0 Å². The molecule has 1 heterocycles. The van der Waals surface area contributed by atoms with Gasteiger partial charge in [0, 0.05) is 11.8 Å². The van der Waals surface area contributed by atoms with Crippen LogP contribution in [-0.2, 0) is 26.1 Å². The van der Waals surface area contributed by atoms with E-state index < -0.39 is 12.1 Å².